The fourth-order valence-corrected chi connectivity index (χ4v) is 3.86. The number of benzene rings is 2. The van der Waals surface area contributed by atoms with E-state index in [1.165, 1.54) is 0 Å². The van der Waals surface area contributed by atoms with Gasteiger partial charge in [0.25, 0.3) is 5.91 Å². The van der Waals surface area contributed by atoms with Crippen LogP contribution in [0.15, 0.2) is 48.5 Å². The molecule has 1 aromatic heterocycles. The van der Waals surface area contributed by atoms with Gasteiger partial charge in [-0.25, -0.2) is 9.48 Å². The quantitative estimate of drug-likeness (QED) is 0.515. The van der Waals surface area contributed by atoms with Crippen LogP contribution in [0.3, 0.4) is 0 Å². The third-order valence-electron chi connectivity index (χ3n) is 5.58. The van der Waals surface area contributed by atoms with Crippen molar-refractivity contribution in [2.75, 3.05) is 26.9 Å². The van der Waals surface area contributed by atoms with E-state index >= 15 is 0 Å². The number of hydrogen-bond acceptors (Lipinski definition) is 6. The van der Waals surface area contributed by atoms with E-state index in [-0.39, 0.29) is 31.4 Å². The smallest absolute Gasteiger partial charge is 0.359 e. The highest BCUT2D eigenvalue weighted by atomic mass is 16.5. The Morgan fingerprint density at radius 3 is 2.48 bits per heavy atom. The third-order valence-corrected chi connectivity index (χ3v) is 5.58. The van der Waals surface area contributed by atoms with E-state index in [9.17, 15) is 9.59 Å². The van der Waals surface area contributed by atoms with Gasteiger partial charge in [-0.15, -0.1) is 0 Å². The maximum atomic E-state index is 12.9. The van der Waals surface area contributed by atoms with E-state index in [0.29, 0.717) is 30.0 Å². The molecule has 8 heteroatoms. The number of aromatic nitrogens is 2. The molecule has 33 heavy (non-hydrogen) atoms. The lowest BCUT2D eigenvalue weighted by atomic mass is 10.0. The van der Waals surface area contributed by atoms with Gasteiger partial charge in [0.2, 0.25) is 0 Å². The summed E-state index contributed by atoms with van der Waals surface area (Å²) in [4.78, 5) is 27.2. The van der Waals surface area contributed by atoms with Crippen LogP contribution in [0.1, 0.15) is 34.2 Å². The number of carbonyl (C=O) groups is 2. The van der Waals surface area contributed by atoms with Crippen LogP contribution in [0.4, 0.5) is 0 Å². The number of amides is 1. The van der Waals surface area contributed by atoms with Gasteiger partial charge in [0.15, 0.2) is 23.8 Å². The highest BCUT2D eigenvalue weighted by Crippen LogP contribution is 2.28. The minimum absolute atomic E-state index is 0.128. The molecule has 1 aliphatic heterocycles. The fraction of sp³-hybridized carbons (Fsp3) is 0.320. The van der Waals surface area contributed by atoms with Crippen molar-refractivity contribution in [2.45, 2.75) is 26.8 Å². The lowest BCUT2D eigenvalue weighted by Gasteiger charge is -2.28. The van der Waals surface area contributed by atoms with Crippen LogP contribution in [0.2, 0.25) is 0 Å². The predicted molar refractivity (Wildman–Crippen MR) is 122 cm³/mol. The number of aryl methyl sites for hydroxylation is 1. The van der Waals surface area contributed by atoms with Crippen LogP contribution in [0.25, 0.3) is 5.69 Å². The summed E-state index contributed by atoms with van der Waals surface area (Å²) in [5, 5.41) is 4.58. The van der Waals surface area contributed by atoms with Crippen molar-refractivity contribution in [3.8, 4) is 17.2 Å². The average molecular weight is 450 g/mol. The zero-order valence-corrected chi connectivity index (χ0v) is 19.0. The number of hydrogen-bond donors (Lipinski definition) is 0. The second kappa shape index (κ2) is 9.77. The summed E-state index contributed by atoms with van der Waals surface area (Å²) < 4.78 is 18.0. The molecule has 0 saturated carbocycles. The molecule has 0 atom stereocenters. The molecule has 172 valence electrons. The Labute approximate surface area is 192 Å². The highest BCUT2D eigenvalue weighted by Gasteiger charge is 2.31. The molecule has 0 aliphatic carbocycles. The molecule has 0 radical (unpaired) electrons. The van der Waals surface area contributed by atoms with Crippen molar-refractivity contribution >= 4 is 11.9 Å². The number of esters is 1. The van der Waals surface area contributed by atoms with Gasteiger partial charge < -0.3 is 19.1 Å². The Morgan fingerprint density at radius 1 is 1.06 bits per heavy atom. The monoisotopic (exact) mass is 449 g/mol. The first-order valence-corrected chi connectivity index (χ1v) is 10.9. The van der Waals surface area contributed by atoms with Crippen molar-refractivity contribution in [3.63, 3.8) is 0 Å². The van der Waals surface area contributed by atoms with E-state index in [1.54, 1.807) is 35.7 Å². The van der Waals surface area contributed by atoms with Crippen molar-refractivity contribution in [3.05, 3.63) is 71.0 Å². The molecule has 1 aliphatic rings. The largest absolute Gasteiger partial charge is 0.493 e. The number of rotatable bonds is 7. The molecule has 4 rings (SSSR count). The summed E-state index contributed by atoms with van der Waals surface area (Å²) in [6.07, 6.45) is 0.565. The minimum atomic E-state index is -0.487. The molecule has 0 bridgehead atoms. The molecule has 0 unspecified atom stereocenters. The van der Waals surface area contributed by atoms with Crippen LogP contribution in [0.5, 0.6) is 11.5 Å². The van der Waals surface area contributed by atoms with Gasteiger partial charge in [0.1, 0.15) is 0 Å². The molecule has 3 aromatic rings. The Bertz CT molecular complexity index is 1150. The summed E-state index contributed by atoms with van der Waals surface area (Å²) >= 11 is 0. The average Bonchev–Trinajstić information content (AvgIpc) is 3.22. The zero-order chi connectivity index (χ0) is 23.4. The first kappa shape index (κ1) is 22.4. The number of methoxy groups -OCH3 is 1. The molecule has 1 amide bonds. The van der Waals surface area contributed by atoms with Gasteiger partial charge >= 0.3 is 5.97 Å². The van der Waals surface area contributed by atoms with Gasteiger partial charge in [0.05, 0.1) is 31.6 Å². The maximum Gasteiger partial charge on any atom is 0.359 e. The van der Waals surface area contributed by atoms with Crippen LogP contribution in [-0.2, 0) is 22.5 Å². The topological polar surface area (TPSA) is 82.9 Å². The lowest BCUT2D eigenvalue weighted by Crippen LogP contribution is -2.39. The second-order valence-corrected chi connectivity index (χ2v) is 7.75. The predicted octanol–water partition coefficient (Wildman–Crippen LogP) is 3.33. The molecular weight excluding hydrogens is 422 g/mol. The fourth-order valence-electron chi connectivity index (χ4n) is 3.86. The van der Waals surface area contributed by atoms with E-state index < -0.39 is 5.97 Å². The highest BCUT2D eigenvalue weighted by molar-refractivity contribution is 5.90. The maximum absolute atomic E-state index is 12.9. The van der Waals surface area contributed by atoms with Crippen molar-refractivity contribution in [1.29, 1.82) is 0 Å². The molecule has 0 spiro atoms. The van der Waals surface area contributed by atoms with Crippen LogP contribution in [0, 0.1) is 6.92 Å². The summed E-state index contributed by atoms with van der Waals surface area (Å²) in [5.41, 5.74) is 3.88. The van der Waals surface area contributed by atoms with Gasteiger partial charge in [-0.05, 0) is 38.1 Å². The van der Waals surface area contributed by atoms with Gasteiger partial charge in [0, 0.05) is 18.5 Å². The summed E-state index contributed by atoms with van der Waals surface area (Å²) in [6, 6.07) is 15.1. The van der Waals surface area contributed by atoms with Crippen LogP contribution >= 0.6 is 0 Å². The zero-order valence-electron chi connectivity index (χ0n) is 19.0. The van der Waals surface area contributed by atoms with Crippen molar-refractivity contribution in [1.82, 2.24) is 14.7 Å². The summed E-state index contributed by atoms with van der Waals surface area (Å²) in [7, 11) is 1.55. The first-order chi connectivity index (χ1) is 16.0. The lowest BCUT2D eigenvalue weighted by molar-refractivity contribution is -0.134. The Balaban J connectivity index is 1.57. The number of carbonyl (C=O) groups excluding carboxylic acids is 2. The number of nitrogens with zero attached hydrogens (tertiary/aromatic N) is 3. The second-order valence-electron chi connectivity index (χ2n) is 7.75. The standard InChI is InChI=1S/C25H27N3O5/c1-4-32-25(30)24-19-15-27(23(29)16-33-22-8-6-5-7-21(22)31-3)14-13-20(19)28(26-24)18-11-9-17(2)10-12-18/h5-12H,4,13-16H2,1-3H3. The van der Waals surface area contributed by atoms with E-state index in [2.05, 4.69) is 5.10 Å². The molecular formula is C25H27N3O5. The minimum Gasteiger partial charge on any atom is -0.493 e. The van der Waals surface area contributed by atoms with E-state index in [4.69, 9.17) is 14.2 Å². The number of fused-ring (bicyclic) bond motifs is 1. The summed E-state index contributed by atoms with van der Waals surface area (Å²) in [5.74, 6) is 0.407. The molecule has 0 N–H and O–H groups in total. The molecule has 0 fully saturated rings. The van der Waals surface area contributed by atoms with E-state index in [0.717, 1.165) is 16.9 Å². The normalized spacial score (nSPS) is 12.8. The van der Waals surface area contributed by atoms with Gasteiger partial charge in [-0.1, -0.05) is 29.8 Å². The van der Waals surface area contributed by atoms with Crippen molar-refractivity contribution < 1.29 is 23.8 Å². The summed E-state index contributed by atoms with van der Waals surface area (Å²) in [6.45, 7) is 4.66. The van der Waals surface area contributed by atoms with E-state index in [1.807, 2.05) is 43.3 Å². The molecule has 0 saturated heterocycles. The number of para-hydroxylation sites is 2. The molecule has 8 nitrogen and oxygen atoms in total. The Hall–Kier alpha value is -3.81. The Kier molecular flexibility index (Phi) is 6.63. The third kappa shape index (κ3) is 4.69. The Morgan fingerprint density at radius 2 is 1.79 bits per heavy atom. The van der Waals surface area contributed by atoms with Crippen LogP contribution in [-0.4, -0.2) is 53.4 Å². The number of ether oxygens (including phenoxy) is 3. The SMILES string of the molecule is CCOC(=O)c1nn(-c2ccc(C)cc2)c2c1CN(C(=O)COc1ccccc1OC)CC2. The van der Waals surface area contributed by atoms with Gasteiger partial charge in [-0.3, -0.25) is 4.79 Å². The van der Waals surface area contributed by atoms with Gasteiger partial charge in [-0.2, -0.15) is 5.10 Å². The molecule has 2 heterocycles. The molecule has 2 aromatic carbocycles. The first-order valence-electron chi connectivity index (χ1n) is 10.9. The van der Waals surface area contributed by atoms with Crippen LogP contribution < -0.4 is 9.47 Å². The van der Waals surface area contributed by atoms with Crippen molar-refractivity contribution in [2.24, 2.45) is 0 Å².